The van der Waals surface area contributed by atoms with Gasteiger partial charge in [-0.15, -0.1) is 0 Å². The van der Waals surface area contributed by atoms with Crippen molar-refractivity contribution in [3.8, 4) is 0 Å². The molecule has 3 atom stereocenters. The van der Waals surface area contributed by atoms with Crippen LogP contribution in [0.25, 0.3) is 0 Å². The second-order valence-electron chi connectivity index (χ2n) is 5.60. The standard InChI is InChI=1S/C15H21NO4S/c1-4-20-14(17)15(9-16)12(13(15)21(3,18)19)11-7-5-10(2)6-8-11/h5-8,12-13H,4,9,16H2,1-3H3/t12-,13+,15-/m1/s1. The van der Waals surface area contributed by atoms with Crippen LogP contribution >= 0.6 is 0 Å². The lowest BCUT2D eigenvalue weighted by Crippen LogP contribution is -2.33. The van der Waals surface area contributed by atoms with E-state index in [0.29, 0.717) is 0 Å². The van der Waals surface area contributed by atoms with Crippen LogP contribution in [-0.2, 0) is 19.4 Å². The fourth-order valence-electron chi connectivity index (χ4n) is 3.11. The number of esters is 1. The molecule has 1 aliphatic rings. The van der Waals surface area contributed by atoms with Gasteiger partial charge in [-0.2, -0.15) is 0 Å². The average Bonchev–Trinajstić information content (AvgIpc) is 3.10. The number of hydrogen-bond acceptors (Lipinski definition) is 5. The lowest BCUT2D eigenvalue weighted by Gasteiger charge is -2.14. The van der Waals surface area contributed by atoms with E-state index in [1.807, 2.05) is 31.2 Å². The van der Waals surface area contributed by atoms with E-state index >= 15 is 0 Å². The molecule has 0 radical (unpaired) electrons. The van der Waals surface area contributed by atoms with E-state index < -0.39 is 32.4 Å². The molecule has 1 saturated carbocycles. The number of benzene rings is 1. The highest BCUT2D eigenvalue weighted by molar-refractivity contribution is 7.91. The summed E-state index contributed by atoms with van der Waals surface area (Å²) in [7, 11) is -3.40. The minimum atomic E-state index is -3.40. The van der Waals surface area contributed by atoms with Crippen molar-refractivity contribution in [2.75, 3.05) is 19.4 Å². The fraction of sp³-hybridized carbons (Fsp3) is 0.533. The average molecular weight is 311 g/mol. The Labute approximate surface area is 125 Å². The van der Waals surface area contributed by atoms with Gasteiger partial charge in [-0.25, -0.2) is 8.42 Å². The Morgan fingerprint density at radius 1 is 1.33 bits per heavy atom. The van der Waals surface area contributed by atoms with Crippen LogP contribution in [0.5, 0.6) is 0 Å². The normalized spacial score (nSPS) is 28.2. The molecule has 0 heterocycles. The van der Waals surface area contributed by atoms with Gasteiger partial charge in [-0.05, 0) is 19.4 Å². The predicted molar refractivity (Wildman–Crippen MR) is 80.7 cm³/mol. The van der Waals surface area contributed by atoms with Crippen LogP contribution in [-0.4, -0.2) is 39.0 Å². The van der Waals surface area contributed by atoms with Gasteiger partial charge in [-0.1, -0.05) is 29.8 Å². The van der Waals surface area contributed by atoms with E-state index in [0.717, 1.165) is 17.4 Å². The number of sulfone groups is 1. The molecule has 0 unspecified atom stereocenters. The molecule has 0 bridgehead atoms. The van der Waals surface area contributed by atoms with Crippen molar-refractivity contribution in [3.63, 3.8) is 0 Å². The Bertz CT molecular complexity index is 638. The van der Waals surface area contributed by atoms with Crippen LogP contribution in [0.4, 0.5) is 0 Å². The first-order chi connectivity index (χ1) is 9.79. The molecule has 2 rings (SSSR count). The Kier molecular flexibility index (Phi) is 4.13. The smallest absolute Gasteiger partial charge is 0.315 e. The highest BCUT2D eigenvalue weighted by Crippen LogP contribution is 2.62. The molecule has 1 aliphatic carbocycles. The molecule has 6 heteroatoms. The van der Waals surface area contributed by atoms with Gasteiger partial charge in [-0.3, -0.25) is 4.79 Å². The third kappa shape index (κ3) is 2.58. The summed E-state index contributed by atoms with van der Waals surface area (Å²) >= 11 is 0. The van der Waals surface area contributed by atoms with Gasteiger partial charge < -0.3 is 10.5 Å². The number of carbonyl (C=O) groups excluding carboxylic acids is 1. The molecule has 0 aliphatic heterocycles. The first-order valence-electron chi connectivity index (χ1n) is 6.91. The number of ether oxygens (including phenoxy) is 1. The van der Waals surface area contributed by atoms with Crippen LogP contribution in [0, 0.1) is 12.3 Å². The molecule has 0 saturated heterocycles. The highest BCUT2D eigenvalue weighted by atomic mass is 32.2. The molecule has 0 aromatic heterocycles. The zero-order valence-corrected chi connectivity index (χ0v) is 13.3. The summed E-state index contributed by atoms with van der Waals surface area (Å²) in [5.41, 5.74) is 6.51. The van der Waals surface area contributed by atoms with Crippen molar-refractivity contribution in [3.05, 3.63) is 35.4 Å². The summed E-state index contributed by atoms with van der Waals surface area (Å²) in [5.74, 6) is -0.953. The molecule has 5 nitrogen and oxygen atoms in total. The topological polar surface area (TPSA) is 86.5 Å². The van der Waals surface area contributed by atoms with Crippen LogP contribution in [0.1, 0.15) is 24.0 Å². The molecule has 116 valence electrons. The molecule has 0 spiro atoms. The van der Waals surface area contributed by atoms with Crippen molar-refractivity contribution < 1.29 is 17.9 Å². The van der Waals surface area contributed by atoms with Crippen molar-refractivity contribution in [1.82, 2.24) is 0 Å². The van der Waals surface area contributed by atoms with Crippen LogP contribution in [0.3, 0.4) is 0 Å². The van der Waals surface area contributed by atoms with Crippen molar-refractivity contribution in [2.45, 2.75) is 25.0 Å². The van der Waals surface area contributed by atoms with Crippen molar-refractivity contribution >= 4 is 15.8 Å². The molecular weight excluding hydrogens is 290 g/mol. The number of aryl methyl sites for hydroxylation is 1. The Balaban J connectivity index is 2.47. The maximum Gasteiger partial charge on any atom is 0.315 e. The Morgan fingerprint density at radius 2 is 1.90 bits per heavy atom. The number of hydrogen-bond donors (Lipinski definition) is 1. The van der Waals surface area contributed by atoms with Crippen molar-refractivity contribution in [2.24, 2.45) is 11.1 Å². The zero-order chi connectivity index (χ0) is 15.8. The summed E-state index contributed by atoms with van der Waals surface area (Å²) in [4.78, 5) is 12.3. The molecule has 21 heavy (non-hydrogen) atoms. The third-order valence-electron chi connectivity index (χ3n) is 4.15. The lowest BCUT2D eigenvalue weighted by molar-refractivity contribution is -0.149. The third-order valence-corrected chi connectivity index (χ3v) is 5.76. The first-order valence-corrected chi connectivity index (χ1v) is 8.87. The predicted octanol–water partition coefficient (Wildman–Crippen LogP) is 1.01. The largest absolute Gasteiger partial charge is 0.465 e. The lowest BCUT2D eigenvalue weighted by atomic mass is 9.98. The van der Waals surface area contributed by atoms with E-state index in [9.17, 15) is 13.2 Å². The molecule has 0 amide bonds. The fourth-order valence-corrected chi connectivity index (χ4v) is 5.03. The summed E-state index contributed by atoms with van der Waals surface area (Å²) < 4.78 is 29.2. The Morgan fingerprint density at radius 3 is 2.33 bits per heavy atom. The van der Waals surface area contributed by atoms with E-state index in [4.69, 9.17) is 10.5 Å². The maximum absolute atomic E-state index is 12.3. The summed E-state index contributed by atoms with van der Waals surface area (Å²) in [5, 5.41) is -0.809. The van der Waals surface area contributed by atoms with Gasteiger partial charge in [0.15, 0.2) is 9.84 Å². The van der Waals surface area contributed by atoms with Crippen molar-refractivity contribution in [1.29, 1.82) is 0 Å². The summed E-state index contributed by atoms with van der Waals surface area (Å²) in [6.45, 7) is 3.81. The van der Waals surface area contributed by atoms with E-state index in [2.05, 4.69) is 0 Å². The molecule has 1 aromatic rings. The van der Waals surface area contributed by atoms with Crippen LogP contribution < -0.4 is 5.73 Å². The highest BCUT2D eigenvalue weighted by Gasteiger charge is 2.74. The quantitative estimate of drug-likeness (QED) is 0.820. The van der Waals surface area contributed by atoms with Gasteiger partial charge in [0.05, 0.1) is 11.9 Å². The van der Waals surface area contributed by atoms with Gasteiger partial charge in [0.2, 0.25) is 0 Å². The van der Waals surface area contributed by atoms with Gasteiger partial charge >= 0.3 is 5.97 Å². The van der Waals surface area contributed by atoms with E-state index in [-0.39, 0.29) is 13.2 Å². The molecular formula is C15H21NO4S. The van der Waals surface area contributed by atoms with E-state index in [1.165, 1.54) is 0 Å². The SMILES string of the molecule is CCOC(=O)[C@]1(CN)[C@H](c2ccc(C)cc2)[C@@H]1S(C)(=O)=O. The second kappa shape index (κ2) is 5.42. The Hall–Kier alpha value is -1.40. The van der Waals surface area contributed by atoms with Crippen LogP contribution in [0.15, 0.2) is 24.3 Å². The van der Waals surface area contributed by atoms with Crippen LogP contribution in [0.2, 0.25) is 0 Å². The van der Waals surface area contributed by atoms with Gasteiger partial charge in [0.25, 0.3) is 0 Å². The van der Waals surface area contributed by atoms with Gasteiger partial charge in [0, 0.05) is 18.7 Å². The molecule has 2 N–H and O–H groups in total. The molecule has 1 aromatic carbocycles. The monoisotopic (exact) mass is 311 g/mol. The minimum Gasteiger partial charge on any atom is -0.465 e. The first kappa shape index (κ1) is 16.0. The number of rotatable bonds is 5. The minimum absolute atomic E-state index is 0.0396. The maximum atomic E-state index is 12.3. The summed E-state index contributed by atoms with van der Waals surface area (Å²) in [6, 6.07) is 7.52. The zero-order valence-electron chi connectivity index (χ0n) is 12.5. The second-order valence-corrected chi connectivity index (χ2v) is 7.77. The van der Waals surface area contributed by atoms with E-state index in [1.54, 1.807) is 6.92 Å². The molecule has 1 fully saturated rings. The number of carbonyl (C=O) groups is 1. The number of nitrogens with two attached hydrogens (primary N) is 1. The van der Waals surface area contributed by atoms with Gasteiger partial charge in [0.1, 0.15) is 5.41 Å². The summed E-state index contributed by atoms with van der Waals surface area (Å²) in [6.07, 6.45) is 1.15.